The molecule has 1 heterocycles. The van der Waals surface area contributed by atoms with Gasteiger partial charge in [0.2, 0.25) is 10.0 Å². The van der Waals surface area contributed by atoms with Crippen LogP contribution < -0.4 is 4.72 Å². The molecule has 0 radical (unpaired) electrons. The van der Waals surface area contributed by atoms with Crippen LogP contribution in [-0.4, -0.2) is 44.6 Å². The fourth-order valence-corrected chi connectivity index (χ4v) is 4.54. The molecule has 5 nitrogen and oxygen atoms in total. The maximum absolute atomic E-state index is 12.2. The van der Waals surface area contributed by atoms with Crippen molar-refractivity contribution in [1.29, 1.82) is 0 Å². The number of rotatable bonds is 9. The first-order valence-corrected chi connectivity index (χ1v) is 9.16. The molecule has 2 N–H and O–H groups in total. The van der Waals surface area contributed by atoms with Crippen LogP contribution in [0.5, 0.6) is 0 Å². The van der Waals surface area contributed by atoms with E-state index >= 15 is 0 Å². The number of thiophene rings is 1. The minimum absolute atomic E-state index is 0.124. The molecule has 0 spiro atoms. The van der Waals surface area contributed by atoms with Gasteiger partial charge in [0.1, 0.15) is 0 Å². The fourth-order valence-electron chi connectivity index (χ4n) is 2.03. The molecule has 20 heavy (non-hydrogen) atoms. The first-order chi connectivity index (χ1) is 9.44. The Morgan fingerprint density at radius 1 is 1.35 bits per heavy atom. The van der Waals surface area contributed by atoms with Crippen LogP contribution in [0.1, 0.15) is 30.0 Å². The first-order valence-electron chi connectivity index (χ1n) is 6.86. The van der Waals surface area contributed by atoms with Gasteiger partial charge in [0, 0.05) is 22.8 Å². The van der Waals surface area contributed by atoms with Crippen LogP contribution in [0.25, 0.3) is 0 Å². The van der Waals surface area contributed by atoms with Gasteiger partial charge in [0.15, 0.2) is 0 Å². The molecular weight excluding hydrogens is 296 g/mol. The smallest absolute Gasteiger partial charge is 0.241 e. The topological polar surface area (TPSA) is 69.6 Å². The lowest BCUT2D eigenvalue weighted by Crippen LogP contribution is -2.35. The fraction of sp³-hybridized carbons (Fsp3) is 0.692. The summed E-state index contributed by atoms with van der Waals surface area (Å²) in [5.74, 6) is 0. The Kier molecular flexibility index (Phi) is 7.11. The lowest BCUT2D eigenvalue weighted by Gasteiger charge is -2.19. The van der Waals surface area contributed by atoms with Crippen molar-refractivity contribution in [1.82, 2.24) is 9.62 Å². The van der Waals surface area contributed by atoms with Gasteiger partial charge in [-0.15, -0.1) is 11.3 Å². The van der Waals surface area contributed by atoms with E-state index in [1.165, 1.54) is 11.3 Å². The summed E-state index contributed by atoms with van der Waals surface area (Å²) in [4.78, 5) is 3.87. The van der Waals surface area contributed by atoms with Crippen molar-refractivity contribution in [3.05, 3.63) is 15.8 Å². The van der Waals surface area contributed by atoms with E-state index in [1.807, 2.05) is 0 Å². The molecule has 0 fully saturated rings. The molecule has 0 aliphatic heterocycles. The molecule has 0 bridgehead atoms. The summed E-state index contributed by atoms with van der Waals surface area (Å²) >= 11 is 1.31. The Balaban J connectivity index is 2.63. The van der Waals surface area contributed by atoms with Crippen LogP contribution in [-0.2, 0) is 16.6 Å². The Bertz CT molecular complexity index is 512. The second-order valence-electron chi connectivity index (χ2n) is 4.62. The van der Waals surface area contributed by atoms with E-state index in [9.17, 15) is 8.42 Å². The van der Waals surface area contributed by atoms with Crippen LogP contribution in [0.3, 0.4) is 0 Å². The summed E-state index contributed by atoms with van der Waals surface area (Å²) in [6, 6.07) is 1.55. The van der Waals surface area contributed by atoms with Crippen molar-refractivity contribution in [2.75, 3.05) is 26.2 Å². The molecule has 0 aromatic carbocycles. The van der Waals surface area contributed by atoms with Crippen molar-refractivity contribution in [3.8, 4) is 0 Å². The summed E-state index contributed by atoms with van der Waals surface area (Å²) in [6.07, 6.45) is 1.06. The lowest BCUT2D eigenvalue weighted by molar-refractivity contribution is 0.285. The van der Waals surface area contributed by atoms with Gasteiger partial charge in [0.25, 0.3) is 0 Å². The minimum Gasteiger partial charge on any atom is -0.391 e. The SMILES string of the molecule is CCCN(CC)CCNS(=O)(=O)c1cc(CO)sc1C. The van der Waals surface area contributed by atoms with Gasteiger partial charge >= 0.3 is 0 Å². The zero-order chi connectivity index (χ0) is 15.2. The standard InChI is InChI=1S/C13H24N2O3S2/c1-4-7-15(5-2)8-6-14-20(17,18)13-9-12(10-16)19-11(13)3/h9,14,16H,4-8,10H2,1-3H3. The van der Waals surface area contributed by atoms with E-state index < -0.39 is 10.0 Å². The Morgan fingerprint density at radius 2 is 2.05 bits per heavy atom. The molecule has 0 saturated carbocycles. The highest BCUT2D eigenvalue weighted by Crippen LogP contribution is 2.25. The minimum atomic E-state index is -3.48. The van der Waals surface area contributed by atoms with Crippen LogP contribution in [0.4, 0.5) is 0 Å². The van der Waals surface area contributed by atoms with Gasteiger partial charge in [-0.25, -0.2) is 13.1 Å². The highest BCUT2D eigenvalue weighted by atomic mass is 32.2. The van der Waals surface area contributed by atoms with E-state index in [2.05, 4.69) is 23.5 Å². The Labute approximate surface area is 125 Å². The normalized spacial score (nSPS) is 12.2. The summed E-state index contributed by atoms with van der Waals surface area (Å²) in [6.45, 7) is 8.82. The highest BCUT2D eigenvalue weighted by molar-refractivity contribution is 7.89. The number of hydrogen-bond donors (Lipinski definition) is 2. The molecule has 0 unspecified atom stereocenters. The number of nitrogens with one attached hydrogen (secondary N) is 1. The van der Waals surface area contributed by atoms with Crippen molar-refractivity contribution in [2.24, 2.45) is 0 Å². The van der Waals surface area contributed by atoms with Crippen molar-refractivity contribution in [2.45, 2.75) is 38.7 Å². The third kappa shape index (κ3) is 4.82. The number of likely N-dealkylation sites (N-methyl/N-ethyl adjacent to an activating group) is 1. The molecule has 0 aliphatic rings. The second kappa shape index (κ2) is 8.09. The average molecular weight is 320 g/mol. The zero-order valence-corrected chi connectivity index (χ0v) is 14.0. The third-order valence-electron chi connectivity index (χ3n) is 3.08. The first kappa shape index (κ1) is 17.6. The number of aliphatic hydroxyl groups is 1. The zero-order valence-electron chi connectivity index (χ0n) is 12.3. The molecule has 1 aromatic heterocycles. The van der Waals surface area contributed by atoms with E-state index in [-0.39, 0.29) is 11.5 Å². The van der Waals surface area contributed by atoms with Gasteiger partial charge < -0.3 is 10.0 Å². The van der Waals surface area contributed by atoms with Gasteiger partial charge in [-0.05, 0) is 32.5 Å². The van der Waals surface area contributed by atoms with E-state index in [0.717, 1.165) is 19.5 Å². The molecule has 0 atom stereocenters. The maximum atomic E-state index is 12.2. The van der Waals surface area contributed by atoms with Crippen LogP contribution in [0.2, 0.25) is 0 Å². The van der Waals surface area contributed by atoms with Crippen molar-refractivity contribution < 1.29 is 13.5 Å². The van der Waals surface area contributed by atoms with Crippen LogP contribution in [0, 0.1) is 6.92 Å². The predicted octanol–water partition coefficient (Wildman–Crippen LogP) is 1.56. The molecule has 0 amide bonds. The maximum Gasteiger partial charge on any atom is 0.241 e. The summed E-state index contributed by atoms with van der Waals surface area (Å²) in [7, 11) is -3.48. The highest BCUT2D eigenvalue weighted by Gasteiger charge is 2.19. The molecule has 1 aromatic rings. The van der Waals surface area contributed by atoms with Crippen molar-refractivity contribution >= 4 is 21.4 Å². The van der Waals surface area contributed by atoms with Gasteiger partial charge in [0.05, 0.1) is 11.5 Å². The third-order valence-corrected chi connectivity index (χ3v) is 5.83. The monoisotopic (exact) mass is 320 g/mol. The predicted molar refractivity (Wildman–Crippen MR) is 82.6 cm³/mol. The number of sulfonamides is 1. The second-order valence-corrected chi connectivity index (χ2v) is 7.70. The molecule has 1 rings (SSSR count). The number of aryl methyl sites for hydroxylation is 1. The Morgan fingerprint density at radius 3 is 2.55 bits per heavy atom. The largest absolute Gasteiger partial charge is 0.391 e. The molecule has 116 valence electrons. The Hall–Kier alpha value is -0.470. The van der Waals surface area contributed by atoms with Crippen LogP contribution >= 0.6 is 11.3 Å². The molecule has 7 heteroatoms. The quantitative estimate of drug-likeness (QED) is 0.724. The molecular formula is C13H24N2O3S2. The lowest BCUT2D eigenvalue weighted by atomic mass is 10.4. The number of aliphatic hydroxyl groups excluding tert-OH is 1. The van der Waals surface area contributed by atoms with E-state index in [4.69, 9.17) is 5.11 Å². The number of nitrogens with zero attached hydrogens (tertiary/aromatic N) is 1. The average Bonchev–Trinajstić information content (AvgIpc) is 2.79. The van der Waals surface area contributed by atoms with Gasteiger partial charge in [-0.3, -0.25) is 0 Å². The van der Waals surface area contributed by atoms with E-state index in [0.29, 0.717) is 22.8 Å². The van der Waals surface area contributed by atoms with Gasteiger partial charge in [-0.2, -0.15) is 0 Å². The van der Waals surface area contributed by atoms with Crippen molar-refractivity contribution in [3.63, 3.8) is 0 Å². The summed E-state index contributed by atoms with van der Waals surface area (Å²) < 4.78 is 27.0. The molecule has 0 saturated heterocycles. The van der Waals surface area contributed by atoms with E-state index in [1.54, 1.807) is 13.0 Å². The summed E-state index contributed by atoms with van der Waals surface area (Å²) in [5.41, 5.74) is 0. The van der Waals surface area contributed by atoms with Gasteiger partial charge in [-0.1, -0.05) is 13.8 Å². The molecule has 0 aliphatic carbocycles. The van der Waals surface area contributed by atoms with Crippen LogP contribution in [0.15, 0.2) is 11.0 Å². The number of hydrogen-bond acceptors (Lipinski definition) is 5. The summed E-state index contributed by atoms with van der Waals surface area (Å²) in [5, 5.41) is 9.07.